The van der Waals surface area contributed by atoms with Crippen LogP contribution >= 0.6 is 11.6 Å². The number of halogens is 1. The summed E-state index contributed by atoms with van der Waals surface area (Å²) in [6.45, 7) is 2.48. The standard InChI is InChI=1S/C16H18ClN3O3/c1-2-7-19-14(22)9-13(21)10-4-3-5-11(15(10)17)16(18)12-6-8-23-20-12/h3-4,6,8H,2,5,7,9,18H2,1H3,(H,19,22). The number of nitrogens with zero attached hydrogens (tertiary/aromatic N) is 1. The van der Waals surface area contributed by atoms with E-state index in [4.69, 9.17) is 21.9 Å². The van der Waals surface area contributed by atoms with Crippen molar-refractivity contribution in [3.05, 3.63) is 46.4 Å². The molecular formula is C16H18ClN3O3. The fraction of sp³-hybridized carbons (Fsp3) is 0.312. The fourth-order valence-electron chi connectivity index (χ4n) is 2.14. The molecule has 0 aromatic carbocycles. The summed E-state index contributed by atoms with van der Waals surface area (Å²) in [6, 6.07) is 1.62. The van der Waals surface area contributed by atoms with Crippen molar-refractivity contribution < 1.29 is 14.1 Å². The van der Waals surface area contributed by atoms with Gasteiger partial charge >= 0.3 is 0 Å². The number of allylic oxidation sites excluding steroid dienone is 5. The summed E-state index contributed by atoms with van der Waals surface area (Å²) in [7, 11) is 0. The van der Waals surface area contributed by atoms with Gasteiger partial charge in [-0.15, -0.1) is 0 Å². The quantitative estimate of drug-likeness (QED) is 0.777. The zero-order chi connectivity index (χ0) is 16.8. The second-order valence-corrected chi connectivity index (χ2v) is 5.44. The van der Waals surface area contributed by atoms with Gasteiger partial charge in [-0.25, -0.2) is 0 Å². The molecule has 122 valence electrons. The summed E-state index contributed by atoms with van der Waals surface area (Å²) in [5.41, 5.74) is 7.74. The SMILES string of the molecule is CCCNC(=O)CC(=O)C1=C(Cl)C(=C(N)c2ccon2)CC=C1. The lowest BCUT2D eigenvalue weighted by Gasteiger charge is -2.15. The Hall–Kier alpha value is -2.34. The highest BCUT2D eigenvalue weighted by molar-refractivity contribution is 6.36. The van der Waals surface area contributed by atoms with E-state index in [1.165, 1.54) is 6.26 Å². The highest BCUT2D eigenvalue weighted by Gasteiger charge is 2.22. The van der Waals surface area contributed by atoms with E-state index < -0.39 is 0 Å². The van der Waals surface area contributed by atoms with E-state index in [1.54, 1.807) is 18.2 Å². The maximum absolute atomic E-state index is 12.3. The Morgan fingerprint density at radius 3 is 2.91 bits per heavy atom. The smallest absolute Gasteiger partial charge is 0.227 e. The van der Waals surface area contributed by atoms with E-state index in [-0.39, 0.29) is 28.7 Å². The summed E-state index contributed by atoms with van der Waals surface area (Å²) < 4.78 is 4.76. The third-order valence-electron chi connectivity index (χ3n) is 3.34. The molecule has 0 saturated carbocycles. The molecule has 6 nitrogen and oxygen atoms in total. The number of amides is 1. The first kappa shape index (κ1) is 17.0. The molecule has 0 fully saturated rings. The van der Waals surface area contributed by atoms with Gasteiger partial charge in [-0.1, -0.05) is 35.8 Å². The summed E-state index contributed by atoms with van der Waals surface area (Å²) >= 11 is 6.32. The van der Waals surface area contributed by atoms with E-state index in [9.17, 15) is 9.59 Å². The minimum absolute atomic E-state index is 0.243. The molecule has 0 saturated heterocycles. The van der Waals surface area contributed by atoms with Crippen molar-refractivity contribution in [3.63, 3.8) is 0 Å². The zero-order valence-electron chi connectivity index (χ0n) is 12.8. The van der Waals surface area contributed by atoms with Gasteiger partial charge in [0, 0.05) is 23.8 Å². The molecule has 0 atom stereocenters. The summed E-state index contributed by atoms with van der Waals surface area (Å²) in [4.78, 5) is 24.0. The van der Waals surface area contributed by atoms with Crippen molar-refractivity contribution in [2.75, 3.05) is 6.54 Å². The van der Waals surface area contributed by atoms with Gasteiger partial charge in [0.25, 0.3) is 0 Å². The molecule has 3 N–H and O–H groups in total. The van der Waals surface area contributed by atoms with Crippen LogP contribution < -0.4 is 11.1 Å². The van der Waals surface area contributed by atoms with Crippen LogP contribution in [0.15, 0.2) is 45.2 Å². The van der Waals surface area contributed by atoms with Crippen molar-refractivity contribution in [1.29, 1.82) is 0 Å². The van der Waals surface area contributed by atoms with Gasteiger partial charge in [-0.05, 0) is 12.8 Å². The monoisotopic (exact) mass is 335 g/mol. The van der Waals surface area contributed by atoms with Crippen LogP contribution in [0.3, 0.4) is 0 Å². The van der Waals surface area contributed by atoms with Gasteiger partial charge in [0.1, 0.15) is 12.0 Å². The number of nitrogens with two attached hydrogens (primary N) is 1. The number of rotatable bonds is 6. The van der Waals surface area contributed by atoms with Gasteiger partial charge in [0.15, 0.2) is 5.78 Å². The molecule has 23 heavy (non-hydrogen) atoms. The molecule has 0 bridgehead atoms. The van der Waals surface area contributed by atoms with Crippen LogP contribution in [-0.2, 0) is 9.59 Å². The maximum atomic E-state index is 12.3. The van der Waals surface area contributed by atoms with Crippen molar-refractivity contribution in [1.82, 2.24) is 10.5 Å². The summed E-state index contributed by atoms with van der Waals surface area (Å²) in [6.07, 6.45) is 5.86. The van der Waals surface area contributed by atoms with E-state index in [0.717, 1.165) is 6.42 Å². The Morgan fingerprint density at radius 2 is 2.26 bits per heavy atom. The minimum atomic E-state index is -0.343. The van der Waals surface area contributed by atoms with E-state index in [0.29, 0.717) is 29.9 Å². The molecule has 0 spiro atoms. The molecule has 0 radical (unpaired) electrons. The number of Topliss-reactive ketones (excluding diaryl/α,β-unsaturated/α-hetero) is 1. The first-order valence-electron chi connectivity index (χ1n) is 7.30. The van der Waals surface area contributed by atoms with Crippen molar-refractivity contribution >= 4 is 29.0 Å². The van der Waals surface area contributed by atoms with Crippen LogP contribution in [0.25, 0.3) is 5.70 Å². The molecule has 1 aliphatic carbocycles. The minimum Gasteiger partial charge on any atom is -0.397 e. The second-order valence-electron chi connectivity index (χ2n) is 5.06. The van der Waals surface area contributed by atoms with E-state index in [2.05, 4.69) is 10.5 Å². The topological polar surface area (TPSA) is 98.2 Å². The molecule has 1 amide bonds. The highest BCUT2D eigenvalue weighted by atomic mass is 35.5. The predicted molar refractivity (Wildman–Crippen MR) is 87.2 cm³/mol. The third-order valence-corrected chi connectivity index (χ3v) is 3.77. The molecule has 0 aliphatic heterocycles. The Labute approximate surface area is 139 Å². The summed E-state index contributed by atoms with van der Waals surface area (Å²) in [5, 5.41) is 6.68. The lowest BCUT2D eigenvalue weighted by Crippen LogP contribution is -2.27. The lowest BCUT2D eigenvalue weighted by atomic mass is 9.95. The van der Waals surface area contributed by atoms with Gasteiger partial charge in [-0.2, -0.15) is 0 Å². The average molecular weight is 336 g/mol. The number of ketones is 1. The molecule has 2 rings (SSSR count). The van der Waals surface area contributed by atoms with E-state index >= 15 is 0 Å². The van der Waals surface area contributed by atoms with Crippen LogP contribution in [-0.4, -0.2) is 23.4 Å². The number of carbonyl (C=O) groups excluding carboxylic acids is 2. The number of hydrogen-bond acceptors (Lipinski definition) is 5. The molecule has 1 aromatic heterocycles. The normalized spacial score (nSPS) is 16.4. The predicted octanol–water partition coefficient (Wildman–Crippen LogP) is 2.28. The molecule has 1 aromatic rings. The number of nitrogens with one attached hydrogen (secondary N) is 1. The number of carbonyl (C=O) groups is 2. The first-order chi connectivity index (χ1) is 11.0. The van der Waals surface area contributed by atoms with E-state index in [1.807, 2.05) is 6.92 Å². The number of aromatic nitrogens is 1. The van der Waals surface area contributed by atoms with Crippen LogP contribution in [0.2, 0.25) is 0 Å². The van der Waals surface area contributed by atoms with Crippen molar-refractivity contribution in [2.24, 2.45) is 5.73 Å². The Balaban J connectivity index is 2.22. The Bertz CT molecular complexity index is 687. The Morgan fingerprint density at radius 1 is 1.48 bits per heavy atom. The lowest BCUT2D eigenvalue weighted by molar-refractivity contribution is -0.126. The maximum Gasteiger partial charge on any atom is 0.227 e. The van der Waals surface area contributed by atoms with Crippen LogP contribution in [0.1, 0.15) is 31.9 Å². The second kappa shape index (κ2) is 7.78. The molecule has 7 heteroatoms. The third kappa shape index (κ3) is 4.10. The summed E-state index contributed by atoms with van der Waals surface area (Å²) in [5.74, 6) is -0.659. The largest absolute Gasteiger partial charge is 0.397 e. The average Bonchev–Trinajstić information content (AvgIpc) is 3.06. The van der Waals surface area contributed by atoms with Gasteiger partial charge in [0.05, 0.1) is 17.2 Å². The van der Waals surface area contributed by atoms with Gasteiger partial charge < -0.3 is 15.6 Å². The molecule has 1 heterocycles. The molecular weight excluding hydrogens is 318 g/mol. The zero-order valence-corrected chi connectivity index (χ0v) is 13.5. The van der Waals surface area contributed by atoms with Crippen LogP contribution in [0, 0.1) is 0 Å². The first-order valence-corrected chi connectivity index (χ1v) is 7.68. The van der Waals surface area contributed by atoms with Crippen molar-refractivity contribution in [2.45, 2.75) is 26.2 Å². The van der Waals surface area contributed by atoms with Crippen LogP contribution in [0.4, 0.5) is 0 Å². The molecule has 1 aliphatic rings. The highest BCUT2D eigenvalue weighted by Crippen LogP contribution is 2.32. The van der Waals surface area contributed by atoms with Gasteiger partial charge in [-0.3, -0.25) is 9.59 Å². The number of hydrogen-bond donors (Lipinski definition) is 2. The molecule has 0 unspecified atom stereocenters. The van der Waals surface area contributed by atoms with Crippen molar-refractivity contribution in [3.8, 4) is 0 Å². The fourth-order valence-corrected chi connectivity index (χ4v) is 2.48. The van der Waals surface area contributed by atoms with Crippen LogP contribution in [0.5, 0.6) is 0 Å². The van der Waals surface area contributed by atoms with Gasteiger partial charge in [0.2, 0.25) is 5.91 Å². The Kier molecular flexibility index (Phi) is 5.76.